The lowest BCUT2D eigenvalue weighted by Crippen LogP contribution is -2.43. The van der Waals surface area contributed by atoms with Gasteiger partial charge in [-0.3, -0.25) is 9.51 Å². The summed E-state index contributed by atoms with van der Waals surface area (Å²) in [6, 6.07) is 13.4. The third kappa shape index (κ3) is 4.93. The van der Waals surface area contributed by atoms with E-state index in [1.165, 1.54) is 0 Å². The monoisotopic (exact) mass is 540 g/mol. The lowest BCUT2D eigenvalue weighted by molar-refractivity contribution is -0.00534. The normalized spacial score (nSPS) is 19.9. The van der Waals surface area contributed by atoms with Crippen molar-refractivity contribution in [2.45, 2.75) is 44.8 Å². The predicted octanol–water partition coefficient (Wildman–Crippen LogP) is 6.30. The molecule has 0 amide bonds. The minimum atomic E-state index is -0.562. The molecular weight excluding hydrogens is 515 g/mol. The maximum atomic E-state index is 11.2. The average Bonchev–Trinajstić information content (AvgIpc) is 3.51. The van der Waals surface area contributed by atoms with Gasteiger partial charge < -0.3 is 14.2 Å². The van der Waals surface area contributed by atoms with Crippen molar-refractivity contribution in [2.24, 2.45) is 5.92 Å². The van der Waals surface area contributed by atoms with E-state index in [-0.39, 0.29) is 6.10 Å². The first kappa shape index (κ1) is 24.3. The number of anilines is 1. The van der Waals surface area contributed by atoms with E-state index in [0.717, 1.165) is 54.9 Å². The second kappa shape index (κ2) is 10.0. The Labute approximate surface area is 223 Å². The molecule has 1 saturated carbocycles. The third-order valence-electron chi connectivity index (χ3n) is 7.18. The smallest absolute Gasteiger partial charge is 0.373 e. The van der Waals surface area contributed by atoms with Gasteiger partial charge in [-0.25, -0.2) is 4.79 Å². The molecule has 8 nitrogen and oxygen atoms in total. The highest BCUT2D eigenvalue weighted by molar-refractivity contribution is 6.39. The highest BCUT2D eigenvalue weighted by atomic mass is 35.5. The Hall–Kier alpha value is -3.07. The van der Waals surface area contributed by atoms with E-state index in [9.17, 15) is 4.79 Å². The number of nitrogens with one attached hydrogen (secondary N) is 1. The predicted molar refractivity (Wildman–Crippen MR) is 141 cm³/mol. The molecule has 0 unspecified atom stereocenters. The minimum Gasteiger partial charge on any atom is -0.373 e. The fourth-order valence-electron chi connectivity index (χ4n) is 5.03. The molecule has 6 rings (SSSR count). The molecular formula is C27H26Cl2N4O4. The first-order valence-corrected chi connectivity index (χ1v) is 13.2. The van der Waals surface area contributed by atoms with E-state index in [2.05, 4.69) is 31.6 Å². The number of benzene rings is 2. The van der Waals surface area contributed by atoms with Gasteiger partial charge in [-0.2, -0.15) is 0 Å². The van der Waals surface area contributed by atoms with Gasteiger partial charge in [0.2, 0.25) is 0 Å². The second-order valence-electron chi connectivity index (χ2n) is 9.80. The molecule has 2 aliphatic rings. The van der Waals surface area contributed by atoms with Gasteiger partial charge in [0.25, 0.3) is 0 Å². The van der Waals surface area contributed by atoms with E-state index >= 15 is 0 Å². The van der Waals surface area contributed by atoms with Crippen LogP contribution >= 0.6 is 23.2 Å². The summed E-state index contributed by atoms with van der Waals surface area (Å²) in [6.07, 6.45) is 3.19. The number of rotatable bonds is 7. The summed E-state index contributed by atoms with van der Waals surface area (Å²) in [5, 5.41) is 9.22. The van der Waals surface area contributed by atoms with Crippen molar-refractivity contribution in [1.82, 2.24) is 15.3 Å². The van der Waals surface area contributed by atoms with Crippen LogP contribution in [0.4, 0.5) is 5.69 Å². The summed E-state index contributed by atoms with van der Waals surface area (Å²) in [6.45, 7) is 4.36. The molecule has 1 aliphatic heterocycles. The summed E-state index contributed by atoms with van der Waals surface area (Å²) < 4.78 is 16.9. The van der Waals surface area contributed by atoms with Gasteiger partial charge in [-0.15, -0.1) is 0 Å². The van der Waals surface area contributed by atoms with Gasteiger partial charge in [-0.05, 0) is 61.6 Å². The molecule has 0 spiro atoms. The van der Waals surface area contributed by atoms with Gasteiger partial charge in [0.05, 0.1) is 22.8 Å². The number of H-pyrrole nitrogens is 1. The molecule has 2 aromatic carbocycles. The molecule has 192 valence electrons. The van der Waals surface area contributed by atoms with E-state index in [4.69, 9.17) is 32.5 Å². The number of aromatic nitrogens is 3. The van der Waals surface area contributed by atoms with Gasteiger partial charge in [0.15, 0.2) is 5.82 Å². The highest BCUT2D eigenvalue weighted by Crippen LogP contribution is 2.46. The molecule has 1 N–H and O–H groups in total. The van der Waals surface area contributed by atoms with Gasteiger partial charge in [0.1, 0.15) is 11.5 Å². The largest absolute Gasteiger partial charge is 0.439 e. The van der Waals surface area contributed by atoms with Crippen molar-refractivity contribution in [3.63, 3.8) is 0 Å². The van der Waals surface area contributed by atoms with Gasteiger partial charge in [0, 0.05) is 41.4 Å². The maximum absolute atomic E-state index is 11.2. The number of aromatic amines is 1. The topological polar surface area (TPSA) is 97.4 Å². The van der Waals surface area contributed by atoms with Crippen molar-refractivity contribution in [2.75, 3.05) is 18.0 Å². The van der Waals surface area contributed by atoms with Crippen molar-refractivity contribution < 1.29 is 13.8 Å². The summed E-state index contributed by atoms with van der Waals surface area (Å²) in [5.41, 5.74) is 4.24. The van der Waals surface area contributed by atoms with Crippen LogP contribution in [-0.2, 0) is 11.3 Å². The van der Waals surface area contributed by atoms with Crippen LogP contribution in [0.3, 0.4) is 0 Å². The quantitative estimate of drug-likeness (QED) is 0.293. The SMILES string of the molecule is C[C@H]1CN(c2ccc(-c3noc(=O)[nH]3)cc2)CC[C@@H]1OCc1c(-c2c(Cl)cccc2Cl)noc1C1CC1. The molecule has 2 aromatic heterocycles. The maximum Gasteiger partial charge on any atom is 0.439 e. The molecule has 10 heteroatoms. The zero-order valence-corrected chi connectivity index (χ0v) is 21.8. The van der Waals surface area contributed by atoms with E-state index in [1.807, 2.05) is 42.5 Å². The molecule has 0 bridgehead atoms. The Bertz CT molecular complexity index is 1440. The second-order valence-corrected chi connectivity index (χ2v) is 10.6. The number of hydrogen-bond acceptors (Lipinski definition) is 7. The molecule has 3 heterocycles. The average molecular weight is 541 g/mol. The van der Waals surface area contributed by atoms with Gasteiger partial charge >= 0.3 is 5.76 Å². The Morgan fingerprint density at radius 3 is 2.46 bits per heavy atom. The van der Waals surface area contributed by atoms with E-state index in [0.29, 0.717) is 45.6 Å². The third-order valence-corrected chi connectivity index (χ3v) is 7.81. The molecule has 37 heavy (non-hydrogen) atoms. The van der Waals surface area contributed by atoms with Crippen LogP contribution in [0.5, 0.6) is 0 Å². The van der Waals surface area contributed by atoms with Crippen LogP contribution in [-0.4, -0.2) is 34.5 Å². The Balaban J connectivity index is 1.14. The molecule has 2 atom stereocenters. The lowest BCUT2D eigenvalue weighted by atomic mass is 9.95. The summed E-state index contributed by atoms with van der Waals surface area (Å²) >= 11 is 13.0. The highest BCUT2D eigenvalue weighted by Gasteiger charge is 2.35. The van der Waals surface area contributed by atoms with Crippen molar-refractivity contribution in [3.8, 4) is 22.6 Å². The zero-order valence-electron chi connectivity index (χ0n) is 20.2. The molecule has 0 radical (unpaired) electrons. The van der Waals surface area contributed by atoms with Crippen LogP contribution in [0.2, 0.25) is 10.0 Å². The zero-order chi connectivity index (χ0) is 25.5. The lowest BCUT2D eigenvalue weighted by Gasteiger charge is -2.38. The van der Waals surface area contributed by atoms with Gasteiger partial charge in [-0.1, -0.05) is 46.5 Å². The first-order valence-electron chi connectivity index (χ1n) is 12.4. The Kier molecular flexibility index (Phi) is 6.56. The number of piperidine rings is 1. The standard InChI is InChI=1S/C27H26Cl2N4O4/c1-15-13-33(18-9-7-17(8-10-18)26-30-27(34)37-32-26)12-11-22(15)35-14-19-24(31-36-25(19)16-5-6-16)23-20(28)3-2-4-21(23)29/h2-4,7-10,15-16,22H,5-6,11-14H2,1H3,(H,30,32,34)/t15-,22-/m0/s1. The Morgan fingerprint density at radius 2 is 1.81 bits per heavy atom. The first-order chi connectivity index (χ1) is 18.0. The molecule has 2 fully saturated rings. The fraction of sp³-hybridized carbons (Fsp3) is 0.370. The van der Waals surface area contributed by atoms with Crippen molar-refractivity contribution in [3.05, 3.63) is 74.4 Å². The molecule has 1 saturated heterocycles. The number of hydrogen-bond donors (Lipinski definition) is 1. The van der Waals surface area contributed by atoms with E-state index in [1.54, 1.807) is 0 Å². The van der Waals surface area contributed by atoms with Crippen LogP contribution in [0.25, 0.3) is 22.6 Å². The van der Waals surface area contributed by atoms with Crippen molar-refractivity contribution in [1.29, 1.82) is 0 Å². The number of halogens is 2. The molecule has 1 aliphatic carbocycles. The Morgan fingerprint density at radius 1 is 1.05 bits per heavy atom. The number of nitrogens with zero attached hydrogens (tertiary/aromatic N) is 3. The van der Waals surface area contributed by atoms with Crippen LogP contribution in [0, 0.1) is 5.92 Å². The summed E-state index contributed by atoms with van der Waals surface area (Å²) in [5.74, 6) is 1.46. The summed E-state index contributed by atoms with van der Waals surface area (Å²) in [4.78, 5) is 16.2. The van der Waals surface area contributed by atoms with Crippen LogP contribution in [0.15, 0.2) is 56.3 Å². The van der Waals surface area contributed by atoms with Crippen LogP contribution in [0.1, 0.15) is 43.4 Å². The minimum absolute atomic E-state index is 0.104. The fourth-order valence-corrected chi connectivity index (χ4v) is 5.61. The molecule has 4 aromatic rings. The summed E-state index contributed by atoms with van der Waals surface area (Å²) in [7, 11) is 0. The van der Waals surface area contributed by atoms with Crippen LogP contribution < -0.4 is 10.7 Å². The van der Waals surface area contributed by atoms with Crippen molar-refractivity contribution >= 4 is 28.9 Å². The van der Waals surface area contributed by atoms with E-state index < -0.39 is 5.76 Å². The number of ether oxygens (including phenoxy) is 1.